The van der Waals surface area contributed by atoms with Crippen molar-refractivity contribution in [3.8, 4) is 0 Å². The zero-order valence-electron chi connectivity index (χ0n) is 10.6. The molecule has 0 unspecified atom stereocenters. The quantitative estimate of drug-likeness (QED) is 0.808. The molecule has 3 heteroatoms. The van der Waals surface area contributed by atoms with Gasteiger partial charge in [-0.1, -0.05) is 32.0 Å². The minimum atomic E-state index is 0.263. The summed E-state index contributed by atoms with van der Waals surface area (Å²) in [4.78, 5) is 9.10. The molecule has 0 bridgehead atoms. The molecular formula is C15H16N2O. The van der Waals surface area contributed by atoms with E-state index in [9.17, 15) is 0 Å². The van der Waals surface area contributed by atoms with Gasteiger partial charge in [0.15, 0.2) is 0 Å². The number of rotatable bonds is 2. The van der Waals surface area contributed by atoms with E-state index in [2.05, 4.69) is 36.0 Å². The SMILES string of the molecule is CC(C)[C@H]1COC(c2cccc3cccnc23)=N1. The monoisotopic (exact) mass is 240 g/mol. The minimum absolute atomic E-state index is 0.263. The summed E-state index contributed by atoms with van der Waals surface area (Å²) < 4.78 is 5.73. The van der Waals surface area contributed by atoms with Crippen LogP contribution in [0.3, 0.4) is 0 Å². The third kappa shape index (κ3) is 1.86. The van der Waals surface area contributed by atoms with Gasteiger partial charge in [-0.3, -0.25) is 4.98 Å². The van der Waals surface area contributed by atoms with Gasteiger partial charge < -0.3 is 4.74 Å². The van der Waals surface area contributed by atoms with Crippen LogP contribution < -0.4 is 0 Å². The van der Waals surface area contributed by atoms with Crippen LogP contribution in [0.4, 0.5) is 0 Å². The molecule has 0 saturated heterocycles. The number of ether oxygens (including phenoxy) is 1. The minimum Gasteiger partial charge on any atom is -0.475 e. The van der Waals surface area contributed by atoms with Crippen LogP contribution in [0.5, 0.6) is 0 Å². The van der Waals surface area contributed by atoms with E-state index in [0.29, 0.717) is 12.5 Å². The fourth-order valence-corrected chi connectivity index (χ4v) is 2.16. The maximum Gasteiger partial charge on any atom is 0.218 e. The maximum absolute atomic E-state index is 5.73. The van der Waals surface area contributed by atoms with Crippen LogP contribution in [0.2, 0.25) is 0 Å². The molecule has 92 valence electrons. The Morgan fingerprint density at radius 1 is 1.22 bits per heavy atom. The zero-order chi connectivity index (χ0) is 12.5. The van der Waals surface area contributed by atoms with E-state index in [1.165, 1.54) is 0 Å². The van der Waals surface area contributed by atoms with Gasteiger partial charge in [-0.2, -0.15) is 0 Å². The molecule has 3 rings (SSSR count). The lowest BCUT2D eigenvalue weighted by Gasteiger charge is -2.06. The van der Waals surface area contributed by atoms with E-state index in [4.69, 9.17) is 4.74 Å². The first-order valence-corrected chi connectivity index (χ1v) is 6.30. The second-order valence-corrected chi connectivity index (χ2v) is 4.94. The molecule has 0 spiro atoms. The fraction of sp³-hybridized carbons (Fsp3) is 0.333. The van der Waals surface area contributed by atoms with E-state index >= 15 is 0 Å². The van der Waals surface area contributed by atoms with Crippen LogP contribution in [0.25, 0.3) is 10.9 Å². The summed E-state index contributed by atoms with van der Waals surface area (Å²) in [5.41, 5.74) is 1.96. The van der Waals surface area contributed by atoms with E-state index < -0.39 is 0 Å². The van der Waals surface area contributed by atoms with Gasteiger partial charge in [0.1, 0.15) is 6.61 Å². The molecule has 0 N–H and O–H groups in total. The van der Waals surface area contributed by atoms with Crippen molar-refractivity contribution in [3.05, 3.63) is 42.1 Å². The van der Waals surface area contributed by atoms with Crippen LogP contribution in [-0.2, 0) is 4.74 Å². The van der Waals surface area contributed by atoms with Crippen molar-refractivity contribution >= 4 is 16.8 Å². The number of fused-ring (bicyclic) bond motifs is 1. The molecule has 2 heterocycles. The summed E-state index contributed by atoms with van der Waals surface area (Å²) in [5, 5.41) is 1.12. The molecule has 1 aromatic carbocycles. The summed E-state index contributed by atoms with van der Waals surface area (Å²) >= 11 is 0. The van der Waals surface area contributed by atoms with E-state index in [-0.39, 0.29) is 6.04 Å². The number of pyridine rings is 1. The van der Waals surface area contributed by atoms with Gasteiger partial charge in [0.25, 0.3) is 0 Å². The van der Waals surface area contributed by atoms with Crippen molar-refractivity contribution in [2.45, 2.75) is 19.9 Å². The molecule has 0 amide bonds. The van der Waals surface area contributed by atoms with Crippen LogP contribution in [0.15, 0.2) is 41.5 Å². The van der Waals surface area contributed by atoms with Crippen molar-refractivity contribution in [3.63, 3.8) is 0 Å². The number of aromatic nitrogens is 1. The predicted octanol–water partition coefficient (Wildman–Crippen LogP) is 3.04. The molecule has 1 atom stereocenters. The number of para-hydroxylation sites is 1. The van der Waals surface area contributed by atoms with E-state index in [1.807, 2.05) is 18.2 Å². The first-order valence-electron chi connectivity index (χ1n) is 6.30. The van der Waals surface area contributed by atoms with Gasteiger partial charge in [0, 0.05) is 11.6 Å². The normalized spacial score (nSPS) is 19.1. The van der Waals surface area contributed by atoms with E-state index in [0.717, 1.165) is 22.4 Å². The Kier molecular flexibility index (Phi) is 2.74. The molecular weight excluding hydrogens is 224 g/mol. The molecule has 2 aromatic rings. The third-order valence-electron chi connectivity index (χ3n) is 3.31. The van der Waals surface area contributed by atoms with Crippen molar-refractivity contribution < 1.29 is 4.74 Å². The molecule has 0 fully saturated rings. The highest BCUT2D eigenvalue weighted by atomic mass is 16.5. The number of benzene rings is 1. The smallest absolute Gasteiger partial charge is 0.218 e. The fourth-order valence-electron chi connectivity index (χ4n) is 2.16. The average Bonchev–Trinajstić information content (AvgIpc) is 2.87. The van der Waals surface area contributed by atoms with Gasteiger partial charge in [0.2, 0.25) is 5.90 Å². The first-order chi connectivity index (χ1) is 8.75. The van der Waals surface area contributed by atoms with E-state index in [1.54, 1.807) is 6.20 Å². The van der Waals surface area contributed by atoms with Crippen molar-refractivity contribution in [2.75, 3.05) is 6.61 Å². The average molecular weight is 240 g/mol. The topological polar surface area (TPSA) is 34.5 Å². The van der Waals surface area contributed by atoms with Crippen molar-refractivity contribution in [2.24, 2.45) is 10.9 Å². The lowest BCUT2D eigenvalue weighted by atomic mass is 10.1. The van der Waals surface area contributed by atoms with Crippen molar-refractivity contribution in [1.29, 1.82) is 0 Å². The molecule has 1 aliphatic heterocycles. The zero-order valence-corrected chi connectivity index (χ0v) is 10.6. The Morgan fingerprint density at radius 2 is 2.06 bits per heavy atom. The molecule has 0 aliphatic carbocycles. The van der Waals surface area contributed by atoms with Crippen LogP contribution in [0, 0.1) is 5.92 Å². The Labute approximate surface area is 107 Å². The Morgan fingerprint density at radius 3 is 2.83 bits per heavy atom. The summed E-state index contributed by atoms with van der Waals surface area (Å²) in [6.45, 7) is 5.01. The lowest BCUT2D eigenvalue weighted by molar-refractivity contribution is 0.292. The summed E-state index contributed by atoms with van der Waals surface area (Å²) in [7, 11) is 0. The second-order valence-electron chi connectivity index (χ2n) is 4.94. The third-order valence-corrected chi connectivity index (χ3v) is 3.31. The highest BCUT2D eigenvalue weighted by Gasteiger charge is 2.23. The molecule has 1 aliphatic rings. The van der Waals surface area contributed by atoms with Crippen LogP contribution in [0.1, 0.15) is 19.4 Å². The summed E-state index contributed by atoms with van der Waals surface area (Å²) in [5.74, 6) is 1.24. The van der Waals surface area contributed by atoms with Crippen LogP contribution in [-0.4, -0.2) is 23.5 Å². The molecule has 1 aromatic heterocycles. The summed E-state index contributed by atoms with van der Waals surface area (Å²) in [6.07, 6.45) is 1.81. The van der Waals surface area contributed by atoms with Crippen LogP contribution >= 0.6 is 0 Å². The van der Waals surface area contributed by atoms with Gasteiger partial charge >= 0.3 is 0 Å². The maximum atomic E-state index is 5.73. The number of aliphatic imine (C=N–C) groups is 1. The molecule has 0 radical (unpaired) electrons. The second kappa shape index (κ2) is 4.41. The highest BCUT2D eigenvalue weighted by Crippen LogP contribution is 2.22. The number of hydrogen-bond donors (Lipinski definition) is 0. The Balaban J connectivity index is 2.08. The first kappa shape index (κ1) is 11.2. The molecule has 18 heavy (non-hydrogen) atoms. The van der Waals surface area contributed by atoms with Crippen molar-refractivity contribution in [1.82, 2.24) is 4.98 Å². The van der Waals surface area contributed by atoms with Gasteiger partial charge in [-0.05, 0) is 18.1 Å². The number of hydrogen-bond acceptors (Lipinski definition) is 3. The molecule has 3 nitrogen and oxygen atoms in total. The van der Waals surface area contributed by atoms with Gasteiger partial charge in [0.05, 0.1) is 17.1 Å². The molecule has 0 saturated carbocycles. The standard InChI is InChI=1S/C15H16N2O/c1-10(2)13-9-18-15(17-13)12-7-3-5-11-6-4-8-16-14(11)12/h3-8,10,13H,9H2,1-2H3/t13-/m1/s1. The Hall–Kier alpha value is -1.90. The van der Waals surface area contributed by atoms with Gasteiger partial charge in [-0.15, -0.1) is 0 Å². The summed E-state index contributed by atoms with van der Waals surface area (Å²) in [6, 6.07) is 10.4. The van der Waals surface area contributed by atoms with Gasteiger partial charge in [-0.25, -0.2) is 4.99 Å². The number of nitrogens with zero attached hydrogens (tertiary/aromatic N) is 2. The predicted molar refractivity (Wildman–Crippen MR) is 72.9 cm³/mol. The Bertz CT molecular complexity index is 599. The highest BCUT2D eigenvalue weighted by molar-refractivity contribution is 6.05. The largest absolute Gasteiger partial charge is 0.475 e. The lowest BCUT2D eigenvalue weighted by Crippen LogP contribution is -2.13.